The molecule has 34 heavy (non-hydrogen) atoms. The number of carbonyl (C=O) groups is 3. The summed E-state index contributed by atoms with van der Waals surface area (Å²) in [5, 5.41) is 0.702. The number of furan rings is 1. The minimum absolute atomic E-state index is 0.196. The predicted octanol–water partition coefficient (Wildman–Crippen LogP) is 4.37. The maximum absolute atomic E-state index is 12.4. The van der Waals surface area contributed by atoms with E-state index in [0.29, 0.717) is 36.8 Å². The molecule has 0 saturated carbocycles. The van der Waals surface area contributed by atoms with Gasteiger partial charge in [0.15, 0.2) is 12.4 Å². The van der Waals surface area contributed by atoms with Gasteiger partial charge in [0.05, 0.1) is 11.8 Å². The van der Waals surface area contributed by atoms with Crippen molar-refractivity contribution in [1.82, 2.24) is 9.80 Å². The van der Waals surface area contributed by atoms with E-state index < -0.39 is 5.97 Å². The Kier molecular flexibility index (Phi) is 7.92. The summed E-state index contributed by atoms with van der Waals surface area (Å²) in [5.74, 6) is 0.0114. The van der Waals surface area contributed by atoms with Crippen LogP contribution in [-0.2, 0) is 15.3 Å². The van der Waals surface area contributed by atoms with Crippen LogP contribution in [0.2, 0.25) is 5.02 Å². The van der Waals surface area contributed by atoms with E-state index in [2.05, 4.69) is 0 Å². The van der Waals surface area contributed by atoms with E-state index in [1.165, 1.54) is 6.26 Å². The second-order valence-electron chi connectivity index (χ2n) is 7.67. The van der Waals surface area contributed by atoms with Gasteiger partial charge in [-0.3, -0.25) is 9.59 Å². The zero-order chi connectivity index (χ0) is 23.9. The van der Waals surface area contributed by atoms with Crippen LogP contribution < -0.4 is 0 Å². The standard InChI is InChI=1S/C25H23ClN2O5S/c26-20-7-9-21(10-8-20)34-17-18-3-5-19(6-4-18)25(31)33-16-23(29)27-11-13-28(14-12-27)24(30)22-2-1-15-32-22/h1-10,15H,11-14,16-17H2. The van der Waals surface area contributed by atoms with Gasteiger partial charge in [-0.25, -0.2) is 4.79 Å². The highest BCUT2D eigenvalue weighted by Crippen LogP contribution is 2.24. The fourth-order valence-electron chi connectivity index (χ4n) is 3.45. The van der Waals surface area contributed by atoms with Gasteiger partial charge in [0.2, 0.25) is 0 Å². The lowest BCUT2D eigenvalue weighted by Crippen LogP contribution is -2.51. The molecule has 3 aromatic rings. The molecule has 1 aliphatic rings. The fourth-order valence-corrected chi connectivity index (χ4v) is 4.43. The Morgan fingerprint density at radius 3 is 2.24 bits per heavy atom. The van der Waals surface area contributed by atoms with Gasteiger partial charge in [0, 0.05) is 41.8 Å². The van der Waals surface area contributed by atoms with Gasteiger partial charge in [-0.05, 0) is 54.1 Å². The molecule has 2 heterocycles. The molecular formula is C25H23ClN2O5S. The van der Waals surface area contributed by atoms with Crippen molar-refractivity contribution in [1.29, 1.82) is 0 Å². The quantitative estimate of drug-likeness (QED) is 0.355. The molecule has 1 aliphatic heterocycles. The lowest BCUT2D eigenvalue weighted by Gasteiger charge is -2.34. The predicted molar refractivity (Wildman–Crippen MR) is 129 cm³/mol. The lowest BCUT2D eigenvalue weighted by atomic mass is 10.1. The first-order chi connectivity index (χ1) is 16.5. The van der Waals surface area contributed by atoms with E-state index in [0.717, 1.165) is 16.2 Å². The minimum atomic E-state index is -0.545. The van der Waals surface area contributed by atoms with Crippen LogP contribution in [0.5, 0.6) is 0 Å². The van der Waals surface area contributed by atoms with E-state index in [9.17, 15) is 14.4 Å². The molecule has 0 aliphatic carbocycles. The zero-order valence-corrected chi connectivity index (χ0v) is 19.9. The van der Waals surface area contributed by atoms with Crippen molar-refractivity contribution < 1.29 is 23.5 Å². The number of nitrogens with zero attached hydrogens (tertiary/aromatic N) is 2. The highest BCUT2D eigenvalue weighted by Gasteiger charge is 2.26. The van der Waals surface area contributed by atoms with Crippen LogP contribution in [0.3, 0.4) is 0 Å². The first-order valence-corrected chi connectivity index (χ1v) is 12.1. The number of esters is 1. The Bertz CT molecular complexity index is 1130. The number of piperazine rings is 1. The van der Waals surface area contributed by atoms with E-state index >= 15 is 0 Å². The number of hydrogen-bond acceptors (Lipinski definition) is 6. The van der Waals surface area contributed by atoms with Crippen LogP contribution in [-0.4, -0.2) is 60.4 Å². The van der Waals surface area contributed by atoms with Crippen LogP contribution in [0.15, 0.2) is 76.2 Å². The Hall–Kier alpha value is -3.23. The largest absolute Gasteiger partial charge is 0.459 e. The van der Waals surface area contributed by atoms with Gasteiger partial charge < -0.3 is 19.0 Å². The van der Waals surface area contributed by atoms with Crippen LogP contribution in [0.25, 0.3) is 0 Å². The number of thioether (sulfide) groups is 1. The third kappa shape index (κ3) is 6.21. The average Bonchev–Trinajstić information content (AvgIpc) is 3.42. The monoisotopic (exact) mass is 498 g/mol. The van der Waals surface area contributed by atoms with Crippen molar-refractivity contribution in [3.05, 3.63) is 88.8 Å². The summed E-state index contributed by atoms with van der Waals surface area (Å²) in [6.07, 6.45) is 1.45. The van der Waals surface area contributed by atoms with Gasteiger partial charge in [-0.1, -0.05) is 23.7 Å². The molecule has 0 unspecified atom stereocenters. The molecule has 1 saturated heterocycles. The van der Waals surface area contributed by atoms with Crippen molar-refractivity contribution in [3.8, 4) is 0 Å². The Balaban J connectivity index is 1.20. The molecule has 0 radical (unpaired) electrons. The third-order valence-electron chi connectivity index (χ3n) is 5.39. The van der Waals surface area contributed by atoms with Crippen molar-refractivity contribution >= 4 is 41.1 Å². The summed E-state index contributed by atoms with van der Waals surface area (Å²) in [5.41, 5.74) is 1.46. The van der Waals surface area contributed by atoms with Gasteiger partial charge in [0.1, 0.15) is 0 Å². The smallest absolute Gasteiger partial charge is 0.338 e. The number of carbonyl (C=O) groups excluding carboxylic acids is 3. The summed E-state index contributed by atoms with van der Waals surface area (Å²) in [4.78, 5) is 41.5. The number of hydrogen-bond donors (Lipinski definition) is 0. The molecule has 9 heteroatoms. The number of amides is 2. The van der Waals surface area contributed by atoms with Crippen molar-refractivity contribution in [2.75, 3.05) is 32.8 Å². The fraction of sp³-hybridized carbons (Fsp3) is 0.240. The maximum atomic E-state index is 12.4. The topological polar surface area (TPSA) is 80.1 Å². The number of halogens is 1. The van der Waals surface area contributed by atoms with Gasteiger partial charge >= 0.3 is 5.97 Å². The van der Waals surface area contributed by atoms with Crippen LogP contribution in [0, 0.1) is 0 Å². The molecule has 2 amide bonds. The van der Waals surface area contributed by atoms with Crippen molar-refractivity contribution in [2.24, 2.45) is 0 Å². The average molecular weight is 499 g/mol. The first kappa shape index (κ1) is 23.9. The van der Waals surface area contributed by atoms with E-state index in [1.54, 1.807) is 45.8 Å². The number of benzene rings is 2. The molecular weight excluding hydrogens is 476 g/mol. The first-order valence-electron chi connectivity index (χ1n) is 10.7. The highest BCUT2D eigenvalue weighted by atomic mass is 35.5. The molecule has 176 valence electrons. The van der Waals surface area contributed by atoms with Crippen molar-refractivity contribution in [3.63, 3.8) is 0 Å². The van der Waals surface area contributed by atoms with E-state index in [4.69, 9.17) is 20.8 Å². The zero-order valence-electron chi connectivity index (χ0n) is 18.3. The molecule has 0 atom stereocenters. The Morgan fingerprint density at radius 2 is 1.59 bits per heavy atom. The van der Waals surface area contributed by atoms with E-state index in [-0.39, 0.29) is 24.2 Å². The second-order valence-corrected chi connectivity index (χ2v) is 9.15. The molecule has 0 N–H and O–H groups in total. The maximum Gasteiger partial charge on any atom is 0.338 e. The summed E-state index contributed by atoms with van der Waals surface area (Å²) < 4.78 is 10.4. The van der Waals surface area contributed by atoms with Gasteiger partial charge in [0.25, 0.3) is 11.8 Å². The highest BCUT2D eigenvalue weighted by molar-refractivity contribution is 7.98. The summed E-state index contributed by atoms with van der Waals surface area (Å²) in [7, 11) is 0. The molecule has 4 rings (SSSR count). The molecule has 1 aromatic heterocycles. The van der Waals surface area contributed by atoms with Crippen LogP contribution in [0.1, 0.15) is 26.5 Å². The molecule has 0 spiro atoms. The van der Waals surface area contributed by atoms with Gasteiger partial charge in [-0.2, -0.15) is 0 Å². The molecule has 2 aromatic carbocycles. The van der Waals surface area contributed by atoms with Crippen LogP contribution in [0.4, 0.5) is 0 Å². The minimum Gasteiger partial charge on any atom is -0.459 e. The van der Waals surface area contributed by atoms with Crippen LogP contribution >= 0.6 is 23.4 Å². The summed E-state index contributed by atoms with van der Waals surface area (Å²) in [6, 6.07) is 18.1. The Labute approximate surface area is 206 Å². The molecule has 0 bridgehead atoms. The van der Waals surface area contributed by atoms with E-state index in [1.807, 2.05) is 36.4 Å². The lowest BCUT2D eigenvalue weighted by molar-refractivity contribution is -0.136. The van der Waals surface area contributed by atoms with Crippen molar-refractivity contribution in [2.45, 2.75) is 10.6 Å². The SMILES string of the molecule is O=C(OCC(=O)N1CCN(C(=O)c2ccco2)CC1)c1ccc(CSc2ccc(Cl)cc2)cc1. The number of ether oxygens (including phenoxy) is 1. The molecule has 1 fully saturated rings. The second kappa shape index (κ2) is 11.3. The Morgan fingerprint density at radius 1 is 0.912 bits per heavy atom. The normalized spacial score (nSPS) is 13.6. The molecule has 7 nitrogen and oxygen atoms in total. The van der Waals surface area contributed by atoms with Gasteiger partial charge in [-0.15, -0.1) is 11.8 Å². The summed E-state index contributed by atoms with van der Waals surface area (Å²) >= 11 is 7.58. The third-order valence-corrected chi connectivity index (χ3v) is 6.72. The summed E-state index contributed by atoms with van der Waals surface area (Å²) in [6.45, 7) is 1.22. The number of rotatable bonds is 7.